The van der Waals surface area contributed by atoms with E-state index in [9.17, 15) is 9.18 Å². The lowest BCUT2D eigenvalue weighted by Crippen LogP contribution is -2.28. The van der Waals surface area contributed by atoms with Crippen molar-refractivity contribution >= 4 is 24.0 Å². The molecular weight excluding hydrogens is 309 g/mol. The van der Waals surface area contributed by atoms with Crippen molar-refractivity contribution in [1.29, 1.82) is 0 Å². The first-order chi connectivity index (χ1) is 11.3. The number of likely N-dealkylation sites (tertiary alicyclic amines) is 1. The molecule has 1 unspecified atom stereocenters. The average molecular weight is 331 g/mol. The molecular formula is C17H22FN5O. The number of primary amides is 1. The largest absolute Gasteiger partial charge is 0.366 e. The molecule has 0 radical (unpaired) electrons. The smallest absolute Gasteiger partial charge is 0.251 e. The first-order valence-electron chi connectivity index (χ1n) is 7.84. The number of rotatable bonds is 3. The maximum atomic E-state index is 13.8. The summed E-state index contributed by atoms with van der Waals surface area (Å²) < 4.78 is 13.8. The summed E-state index contributed by atoms with van der Waals surface area (Å²) in [6.07, 6.45) is 1.01. The summed E-state index contributed by atoms with van der Waals surface area (Å²) in [6, 6.07) is 2.47. The highest BCUT2D eigenvalue weighted by Crippen LogP contribution is 2.45. The Morgan fingerprint density at radius 1 is 1.50 bits per heavy atom. The minimum atomic E-state index is -0.702. The summed E-state index contributed by atoms with van der Waals surface area (Å²) in [5.41, 5.74) is 7.48. The number of carbonyl (C=O) groups is 1. The van der Waals surface area contributed by atoms with Crippen LogP contribution in [0.25, 0.3) is 0 Å². The van der Waals surface area contributed by atoms with Gasteiger partial charge in [0.15, 0.2) is 0 Å². The van der Waals surface area contributed by atoms with Gasteiger partial charge in [0.2, 0.25) is 0 Å². The fourth-order valence-electron chi connectivity index (χ4n) is 3.58. The quantitative estimate of drug-likeness (QED) is 0.834. The number of amides is 1. The van der Waals surface area contributed by atoms with Gasteiger partial charge in [0, 0.05) is 18.7 Å². The number of carbonyl (C=O) groups excluding carboxylic acids is 1. The van der Waals surface area contributed by atoms with Crippen molar-refractivity contribution in [1.82, 2.24) is 4.90 Å². The van der Waals surface area contributed by atoms with Gasteiger partial charge in [0.25, 0.3) is 5.91 Å². The lowest BCUT2D eigenvalue weighted by Gasteiger charge is -2.28. The first-order valence-corrected chi connectivity index (χ1v) is 7.84. The molecule has 1 atom stereocenters. The minimum Gasteiger partial charge on any atom is -0.366 e. The Hall–Kier alpha value is -2.41. The number of hydrogen-bond donors (Lipinski definition) is 2. The van der Waals surface area contributed by atoms with Crippen LogP contribution in [0, 0.1) is 11.2 Å². The van der Waals surface area contributed by atoms with Crippen LogP contribution < -0.4 is 16.1 Å². The second kappa shape index (κ2) is 5.59. The van der Waals surface area contributed by atoms with Gasteiger partial charge in [-0.25, -0.2) is 9.40 Å². The van der Waals surface area contributed by atoms with Crippen LogP contribution in [0.4, 0.5) is 15.8 Å². The molecule has 1 saturated heterocycles. The molecule has 0 saturated carbocycles. The molecule has 1 amide bonds. The lowest BCUT2D eigenvalue weighted by molar-refractivity contribution is 0.100. The van der Waals surface area contributed by atoms with Crippen LogP contribution in [0.3, 0.4) is 0 Å². The Bertz CT molecular complexity index is 760. The fraction of sp³-hybridized carbons (Fsp3) is 0.412. The van der Waals surface area contributed by atoms with Gasteiger partial charge in [-0.3, -0.25) is 4.79 Å². The molecule has 0 spiro atoms. The molecule has 3 rings (SSSR count). The molecule has 7 heteroatoms. The van der Waals surface area contributed by atoms with Gasteiger partial charge in [0.1, 0.15) is 17.3 Å². The fourth-order valence-corrected chi connectivity index (χ4v) is 3.58. The zero-order chi connectivity index (χ0) is 17.6. The Morgan fingerprint density at radius 3 is 2.75 bits per heavy atom. The van der Waals surface area contributed by atoms with Crippen LogP contribution >= 0.6 is 0 Å². The van der Waals surface area contributed by atoms with E-state index in [-0.39, 0.29) is 11.0 Å². The predicted octanol–water partition coefficient (Wildman–Crippen LogP) is 2.35. The number of halogens is 1. The van der Waals surface area contributed by atoms with Crippen molar-refractivity contribution in [2.45, 2.75) is 20.3 Å². The Labute approximate surface area is 140 Å². The van der Waals surface area contributed by atoms with Gasteiger partial charge < -0.3 is 16.0 Å². The van der Waals surface area contributed by atoms with Crippen LogP contribution in [-0.4, -0.2) is 37.7 Å². The second-order valence-corrected chi connectivity index (χ2v) is 6.81. The number of hydrogen-bond acceptors (Lipinski definition) is 5. The molecule has 128 valence electrons. The van der Waals surface area contributed by atoms with Crippen LogP contribution in [0.5, 0.6) is 0 Å². The molecule has 1 aromatic carbocycles. The third kappa shape index (κ3) is 2.45. The van der Waals surface area contributed by atoms with E-state index in [1.807, 2.05) is 6.92 Å². The normalized spacial score (nSPS) is 25.4. The number of nitrogens with one attached hydrogen (secondary N) is 1. The van der Waals surface area contributed by atoms with E-state index >= 15 is 0 Å². The van der Waals surface area contributed by atoms with Crippen molar-refractivity contribution in [3.8, 4) is 0 Å². The topological polar surface area (TPSA) is 74.0 Å². The maximum absolute atomic E-state index is 13.8. The zero-order valence-electron chi connectivity index (χ0n) is 14.2. The van der Waals surface area contributed by atoms with Crippen molar-refractivity contribution in [3.05, 3.63) is 34.9 Å². The molecule has 24 heavy (non-hydrogen) atoms. The Morgan fingerprint density at radius 2 is 2.21 bits per heavy atom. The van der Waals surface area contributed by atoms with Crippen LogP contribution in [-0.2, 0) is 0 Å². The number of hydrazone groups is 1. The molecule has 2 aliphatic heterocycles. The van der Waals surface area contributed by atoms with Gasteiger partial charge in [-0.2, -0.15) is 5.10 Å². The number of fused-ring (bicyclic) bond motifs is 1. The van der Waals surface area contributed by atoms with Crippen molar-refractivity contribution in [2.24, 2.45) is 16.3 Å². The minimum absolute atomic E-state index is 0.0342. The maximum Gasteiger partial charge on any atom is 0.251 e. The van der Waals surface area contributed by atoms with Crippen LogP contribution in [0.1, 0.15) is 30.6 Å². The van der Waals surface area contributed by atoms with E-state index in [0.717, 1.165) is 31.1 Å². The van der Waals surface area contributed by atoms with Gasteiger partial charge in [-0.05, 0) is 44.6 Å². The molecule has 0 aromatic heterocycles. The number of nitrogens with zero attached hydrogens (tertiary/aromatic N) is 3. The molecule has 1 aromatic rings. The summed E-state index contributed by atoms with van der Waals surface area (Å²) >= 11 is 0. The van der Waals surface area contributed by atoms with Crippen molar-refractivity contribution in [2.75, 3.05) is 30.5 Å². The summed E-state index contributed by atoms with van der Waals surface area (Å²) in [7, 11) is 2.09. The van der Waals surface area contributed by atoms with Crippen LogP contribution in [0.2, 0.25) is 0 Å². The van der Waals surface area contributed by atoms with E-state index in [1.54, 1.807) is 5.01 Å². The molecule has 0 bridgehead atoms. The standard InChI is InChI=1S/C17H22FN5O/c1-10(17(2)5-6-22(4)9-17)16-21-13-8-11(18)7-12(15(19)24)14(13)23(16)20-3/h7-8,21H,3,5-6,9H2,1-2,4H3,(H2,19,24)/b16-10+. The van der Waals surface area contributed by atoms with Gasteiger partial charge in [-0.15, -0.1) is 0 Å². The summed E-state index contributed by atoms with van der Waals surface area (Å²) in [4.78, 5) is 14.0. The SMILES string of the molecule is C=NN1/C(=C(\C)C2(C)CCN(C)C2)Nc2cc(F)cc(C(N)=O)c21. The highest BCUT2D eigenvalue weighted by atomic mass is 19.1. The zero-order valence-corrected chi connectivity index (χ0v) is 14.2. The summed E-state index contributed by atoms with van der Waals surface area (Å²) in [5.74, 6) is -0.511. The predicted molar refractivity (Wildman–Crippen MR) is 93.5 cm³/mol. The van der Waals surface area contributed by atoms with Crippen molar-refractivity contribution in [3.63, 3.8) is 0 Å². The van der Waals surface area contributed by atoms with E-state index < -0.39 is 11.7 Å². The lowest BCUT2D eigenvalue weighted by atomic mass is 9.82. The third-order valence-electron chi connectivity index (χ3n) is 5.08. The monoisotopic (exact) mass is 331 g/mol. The second-order valence-electron chi connectivity index (χ2n) is 6.81. The molecule has 0 aliphatic carbocycles. The molecule has 6 nitrogen and oxygen atoms in total. The van der Waals surface area contributed by atoms with E-state index in [0.29, 0.717) is 17.2 Å². The molecule has 1 fully saturated rings. The summed E-state index contributed by atoms with van der Waals surface area (Å²) in [5, 5.41) is 8.79. The van der Waals surface area contributed by atoms with Crippen LogP contribution in [0.15, 0.2) is 28.6 Å². The van der Waals surface area contributed by atoms with E-state index in [2.05, 4.69) is 36.0 Å². The molecule has 2 heterocycles. The number of benzene rings is 1. The van der Waals surface area contributed by atoms with Gasteiger partial charge >= 0.3 is 0 Å². The molecule has 3 N–H and O–H groups in total. The van der Waals surface area contributed by atoms with E-state index in [4.69, 9.17) is 5.73 Å². The molecule has 2 aliphatic rings. The average Bonchev–Trinajstić information content (AvgIpc) is 3.05. The Kier molecular flexibility index (Phi) is 3.83. The van der Waals surface area contributed by atoms with E-state index in [1.165, 1.54) is 6.07 Å². The van der Waals surface area contributed by atoms with Crippen molar-refractivity contribution < 1.29 is 9.18 Å². The van der Waals surface area contributed by atoms with Gasteiger partial charge in [0.05, 0.1) is 11.3 Å². The first kappa shape index (κ1) is 16.4. The Balaban J connectivity index is 2.13. The third-order valence-corrected chi connectivity index (χ3v) is 5.08. The number of nitrogens with two attached hydrogens (primary N) is 1. The van der Waals surface area contributed by atoms with Gasteiger partial charge in [-0.1, -0.05) is 6.92 Å². The number of anilines is 2. The highest BCUT2D eigenvalue weighted by molar-refractivity contribution is 6.04. The highest BCUT2D eigenvalue weighted by Gasteiger charge is 2.39. The summed E-state index contributed by atoms with van der Waals surface area (Å²) in [6.45, 7) is 9.76.